The summed E-state index contributed by atoms with van der Waals surface area (Å²) in [5.74, 6) is -0.889. The summed E-state index contributed by atoms with van der Waals surface area (Å²) < 4.78 is 23.4. The number of carbonyl (C=O) groups excluding carboxylic acids is 1. The third-order valence-corrected chi connectivity index (χ3v) is 0.892. The molecule has 0 saturated carbocycles. The Kier molecular flexibility index (Phi) is 13.2. The Morgan fingerprint density at radius 1 is 1.40 bits per heavy atom. The molecule has 0 aliphatic carbocycles. The summed E-state index contributed by atoms with van der Waals surface area (Å²) >= 11 is 2.92. The fourth-order valence-corrected chi connectivity index (χ4v) is 0.760. The fraction of sp³-hybridized carbons (Fsp3) is 0.500. The van der Waals surface area contributed by atoms with Crippen molar-refractivity contribution in [1.29, 1.82) is 0 Å². The molecule has 0 bridgehead atoms. The van der Waals surface area contributed by atoms with Crippen molar-refractivity contribution in [3.63, 3.8) is 0 Å². The summed E-state index contributed by atoms with van der Waals surface area (Å²) in [7, 11) is -3.88. The minimum absolute atomic E-state index is 0. The van der Waals surface area contributed by atoms with Gasteiger partial charge in [-0.25, -0.2) is 0 Å². The van der Waals surface area contributed by atoms with Crippen LogP contribution in [0.2, 0.25) is 0 Å². The molecule has 0 aromatic carbocycles. The molecule has 10 heavy (non-hydrogen) atoms. The zero-order valence-electron chi connectivity index (χ0n) is 3.99. The molecule has 0 fully saturated rings. The fourth-order valence-electron chi connectivity index (χ4n) is 0.148. The monoisotopic (exact) mass is 204 g/mol. The van der Waals surface area contributed by atoms with E-state index in [1.807, 2.05) is 0 Å². The summed E-state index contributed by atoms with van der Waals surface area (Å²) in [4.78, 5) is 9.81. The van der Waals surface area contributed by atoms with E-state index in [1.165, 1.54) is 0 Å². The number of thiol groups is 1. The SMILES string of the molecule is CC(=O)OS(=O)(=O)S.[NaH].[NaH]. The van der Waals surface area contributed by atoms with Crippen molar-refractivity contribution in [2.24, 2.45) is 0 Å². The standard InChI is InChI=1S/C2H4O4S2.2Na.2H/c1-2(3)6-8(4,5)7;;;;/h1H3,(H,4,5,7);;;;. The van der Waals surface area contributed by atoms with Gasteiger partial charge in [-0.05, 0) is 11.7 Å². The summed E-state index contributed by atoms with van der Waals surface area (Å²) in [5.41, 5.74) is 0. The Bertz CT molecular complexity index is 185. The second-order valence-corrected chi connectivity index (χ2v) is 3.37. The maximum atomic E-state index is 9.86. The van der Waals surface area contributed by atoms with Gasteiger partial charge in [0.25, 0.3) is 0 Å². The van der Waals surface area contributed by atoms with Gasteiger partial charge >= 0.3 is 74.2 Å². The predicted octanol–water partition coefficient (Wildman–Crippen LogP) is -1.57. The first-order chi connectivity index (χ1) is 3.42. The first kappa shape index (κ1) is 17.8. The zero-order valence-corrected chi connectivity index (χ0v) is 5.70. The van der Waals surface area contributed by atoms with Gasteiger partial charge in [-0.2, -0.15) is 8.42 Å². The van der Waals surface area contributed by atoms with Gasteiger partial charge in [-0.1, -0.05) is 0 Å². The van der Waals surface area contributed by atoms with E-state index in [4.69, 9.17) is 0 Å². The van der Waals surface area contributed by atoms with Crippen LogP contribution in [-0.2, 0) is 18.1 Å². The van der Waals surface area contributed by atoms with Crippen molar-refractivity contribution in [2.75, 3.05) is 0 Å². The molecule has 0 unspecified atom stereocenters. The molecule has 0 rings (SSSR count). The Hall–Kier alpha value is 1.77. The second-order valence-electron chi connectivity index (χ2n) is 1.00. The molecule has 0 aromatic heterocycles. The zero-order chi connectivity index (χ0) is 6.78. The third-order valence-electron chi connectivity index (χ3n) is 0.223. The Labute approximate surface area is 109 Å². The number of hydrogen-bond acceptors (Lipinski definition) is 4. The van der Waals surface area contributed by atoms with Crippen molar-refractivity contribution >= 4 is 85.9 Å². The minimum atomic E-state index is -3.88. The number of rotatable bonds is 1. The van der Waals surface area contributed by atoms with E-state index in [0.29, 0.717) is 0 Å². The van der Waals surface area contributed by atoms with Crippen LogP contribution in [0, 0.1) is 0 Å². The predicted molar refractivity (Wildman–Crippen MR) is 44.0 cm³/mol. The van der Waals surface area contributed by atoms with Gasteiger partial charge < -0.3 is 4.18 Å². The van der Waals surface area contributed by atoms with Gasteiger partial charge in [0.1, 0.15) is 0 Å². The molecule has 0 heterocycles. The van der Waals surface area contributed by atoms with Crippen molar-refractivity contribution in [3.8, 4) is 0 Å². The summed E-state index contributed by atoms with van der Waals surface area (Å²) in [6.45, 7) is 0.980. The van der Waals surface area contributed by atoms with E-state index in [9.17, 15) is 13.2 Å². The van der Waals surface area contributed by atoms with E-state index in [1.54, 1.807) is 0 Å². The molecule has 0 N–H and O–H groups in total. The summed E-state index contributed by atoms with van der Waals surface area (Å²) in [6.07, 6.45) is 0. The molecule has 0 atom stereocenters. The van der Waals surface area contributed by atoms with Gasteiger partial charge in [0.05, 0.1) is 0 Å². The van der Waals surface area contributed by atoms with Crippen LogP contribution >= 0.6 is 11.7 Å². The topological polar surface area (TPSA) is 60.4 Å². The van der Waals surface area contributed by atoms with Crippen LogP contribution in [0.15, 0.2) is 0 Å². The average molecular weight is 204 g/mol. The number of carbonyl (C=O) groups is 1. The van der Waals surface area contributed by atoms with Crippen molar-refractivity contribution in [2.45, 2.75) is 6.92 Å². The van der Waals surface area contributed by atoms with Crippen LogP contribution in [0.3, 0.4) is 0 Å². The van der Waals surface area contributed by atoms with Crippen LogP contribution in [-0.4, -0.2) is 73.5 Å². The molecule has 52 valence electrons. The second kappa shape index (κ2) is 7.42. The van der Waals surface area contributed by atoms with E-state index >= 15 is 0 Å². The van der Waals surface area contributed by atoms with Gasteiger partial charge in [-0.15, -0.1) is 0 Å². The maximum absolute atomic E-state index is 9.86. The van der Waals surface area contributed by atoms with Crippen LogP contribution in [0.4, 0.5) is 0 Å². The van der Waals surface area contributed by atoms with Crippen molar-refractivity contribution < 1.29 is 17.4 Å². The first-order valence-corrected chi connectivity index (χ1v) is 4.05. The van der Waals surface area contributed by atoms with Gasteiger partial charge in [0, 0.05) is 6.92 Å². The van der Waals surface area contributed by atoms with E-state index < -0.39 is 15.1 Å². The molecule has 0 spiro atoms. The third kappa shape index (κ3) is 16.4. The summed E-state index contributed by atoms with van der Waals surface area (Å²) in [6, 6.07) is 0. The van der Waals surface area contributed by atoms with Crippen LogP contribution in [0.5, 0.6) is 0 Å². The molecule has 0 radical (unpaired) electrons. The molecular weight excluding hydrogens is 198 g/mol. The molecule has 8 heteroatoms. The molecule has 0 aliphatic heterocycles. The normalized spacial score (nSPS) is 8.60. The molecule has 4 nitrogen and oxygen atoms in total. The Morgan fingerprint density at radius 3 is 1.70 bits per heavy atom. The van der Waals surface area contributed by atoms with Gasteiger partial charge in [-0.3, -0.25) is 4.79 Å². The first-order valence-electron chi connectivity index (χ1n) is 1.59. The van der Waals surface area contributed by atoms with E-state index in [2.05, 4.69) is 15.8 Å². The molecular formula is C2H6Na2O4S2. The molecule has 0 aromatic rings. The number of hydrogen-bond donors (Lipinski definition) is 1. The van der Waals surface area contributed by atoms with E-state index in [-0.39, 0.29) is 59.1 Å². The summed E-state index contributed by atoms with van der Waals surface area (Å²) in [5, 5.41) is 0. The van der Waals surface area contributed by atoms with E-state index in [0.717, 1.165) is 6.92 Å². The molecule has 0 aliphatic rings. The molecule has 0 saturated heterocycles. The van der Waals surface area contributed by atoms with Crippen molar-refractivity contribution in [1.82, 2.24) is 0 Å². The van der Waals surface area contributed by atoms with Crippen LogP contribution < -0.4 is 0 Å². The quantitative estimate of drug-likeness (QED) is 0.318. The van der Waals surface area contributed by atoms with Crippen LogP contribution in [0.1, 0.15) is 6.92 Å². The average Bonchev–Trinajstić information content (AvgIpc) is 1.21. The Balaban J connectivity index is -0.000000245. The van der Waals surface area contributed by atoms with Crippen LogP contribution in [0.25, 0.3) is 0 Å². The molecule has 0 amide bonds. The Morgan fingerprint density at radius 2 is 1.70 bits per heavy atom. The van der Waals surface area contributed by atoms with Gasteiger partial charge in [0.2, 0.25) is 0 Å². The van der Waals surface area contributed by atoms with Crippen molar-refractivity contribution in [3.05, 3.63) is 0 Å². The van der Waals surface area contributed by atoms with Gasteiger partial charge in [0.15, 0.2) is 0 Å².